The molecule has 2 N–H and O–H groups in total. The molecule has 0 aliphatic carbocycles. The van der Waals surface area contributed by atoms with Gasteiger partial charge in [-0.25, -0.2) is 0 Å². The van der Waals surface area contributed by atoms with E-state index >= 15 is 0 Å². The van der Waals surface area contributed by atoms with Gasteiger partial charge in [-0.1, -0.05) is 11.2 Å². The number of nitrogens with one attached hydrogen (secondary N) is 2. The lowest BCUT2D eigenvalue weighted by Crippen LogP contribution is -2.20. The molecule has 0 bridgehead atoms. The van der Waals surface area contributed by atoms with Crippen LogP contribution in [0.25, 0.3) is 22.2 Å². The smallest absolute Gasteiger partial charge is 0.133 e. The third-order valence-corrected chi connectivity index (χ3v) is 4.79. The molecule has 0 saturated heterocycles. The summed E-state index contributed by atoms with van der Waals surface area (Å²) < 4.78 is 10.7. The highest BCUT2D eigenvalue weighted by Crippen LogP contribution is 2.36. The van der Waals surface area contributed by atoms with E-state index < -0.39 is 0 Å². The van der Waals surface area contributed by atoms with E-state index in [2.05, 4.69) is 32.8 Å². The molecule has 2 aromatic carbocycles. The Balaban J connectivity index is 1.49. The van der Waals surface area contributed by atoms with E-state index in [0.717, 1.165) is 45.6 Å². The highest BCUT2D eigenvalue weighted by molar-refractivity contribution is 5.94. The number of fused-ring (bicyclic) bond motifs is 2. The number of aromatic amines is 1. The minimum Gasteiger partial charge on any atom is -0.493 e. The number of anilines is 1. The highest BCUT2D eigenvalue weighted by atomic mass is 16.5. The lowest BCUT2D eigenvalue weighted by molar-refractivity contribution is 0.274. The van der Waals surface area contributed by atoms with Gasteiger partial charge in [0.05, 0.1) is 41.6 Å². The second-order valence-electron chi connectivity index (χ2n) is 6.44. The number of H-pyrrole nitrogens is 1. The van der Waals surface area contributed by atoms with Crippen LogP contribution in [0.4, 0.5) is 5.69 Å². The van der Waals surface area contributed by atoms with E-state index in [4.69, 9.17) is 14.5 Å². The summed E-state index contributed by atoms with van der Waals surface area (Å²) in [7, 11) is 0. The van der Waals surface area contributed by atoms with Crippen LogP contribution in [0, 0.1) is 11.3 Å². The van der Waals surface area contributed by atoms with E-state index in [-0.39, 0.29) is 6.04 Å². The molecular formula is C20H15N5O2. The van der Waals surface area contributed by atoms with Gasteiger partial charge in [0.2, 0.25) is 0 Å². The molecule has 0 saturated carbocycles. The number of hydrogen-bond acceptors (Lipinski definition) is 6. The van der Waals surface area contributed by atoms with Gasteiger partial charge >= 0.3 is 0 Å². The van der Waals surface area contributed by atoms with Crippen LogP contribution in [0.5, 0.6) is 5.75 Å². The third-order valence-electron chi connectivity index (χ3n) is 4.79. The van der Waals surface area contributed by atoms with Gasteiger partial charge in [-0.05, 0) is 30.3 Å². The third kappa shape index (κ3) is 2.68. The SMILES string of the molecule is N#Cc1ccc2c(c1)OCCC2Nc1ccc2[nH]nc(-c3cnoc3)c2c1. The van der Waals surface area contributed by atoms with Crippen molar-refractivity contribution in [1.82, 2.24) is 15.4 Å². The molecule has 132 valence electrons. The van der Waals surface area contributed by atoms with Gasteiger partial charge in [0.25, 0.3) is 0 Å². The molecule has 5 rings (SSSR count). The fraction of sp³-hybridized carbons (Fsp3) is 0.150. The first kappa shape index (κ1) is 15.5. The predicted octanol–water partition coefficient (Wildman–Crippen LogP) is 4.03. The van der Waals surface area contributed by atoms with Crippen molar-refractivity contribution in [2.24, 2.45) is 0 Å². The average Bonchev–Trinajstić information content (AvgIpc) is 3.37. The summed E-state index contributed by atoms with van der Waals surface area (Å²) in [5.74, 6) is 0.771. The number of hydrogen-bond donors (Lipinski definition) is 2. The standard InChI is InChI=1S/C20H15N5O2/c21-9-12-1-3-15-17(5-6-26-19(15)7-12)23-14-2-4-18-16(8-14)20(25-24-18)13-10-22-27-11-13/h1-4,7-8,10-11,17,23H,5-6H2,(H,24,25). The number of nitriles is 1. The van der Waals surface area contributed by atoms with Crippen LogP contribution in [-0.2, 0) is 0 Å². The minimum atomic E-state index is 0.116. The Morgan fingerprint density at radius 1 is 1.22 bits per heavy atom. The fourth-order valence-corrected chi connectivity index (χ4v) is 3.46. The number of aromatic nitrogens is 3. The maximum Gasteiger partial charge on any atom is 0.133 e. The first-order valence-corrected chi connectivity index (χ1v) is 8.63. The Labute approximate surface area is 154 Å². The molecule has 1 atom stereocenters. The maximum atomic E-state index is 9.08. The number of nitrogens with zero attached hydrogens (tertiary/aromatic N) is 3. The number of rotatable bonds is 3. The second kappa shape index (κ2) is 6.18. The van der Waals surface area contributed by atoms with Crippen molar-refractivity contribution < 1.29 is 9.26 Å². The van der Waals surface area contributed by atoms with Crippen molar-refractivity contribution >= 4 is 16.6 Å². The molecule has 7 nitrogen and oxygen atoms in total. The van der Waals surface area contributed by atoms with Gasteiger partial charge in [-0.2, -0.15) is 10.4 Å². The largest absolute Gasteiger partial charge is 0.493 e. The molecule has 1 aliphatic rings. The molecule has 2 aromatic heterocycles. The van der Waals surface area contributed by atoms with Crippen LogP contribution in [0.15, 0.2) is 53.4 Å². The molecule has 7 heteroatoms. The molecule has 27 heavy (non-hydrogen) atoms. The molecular weight excluding hydrogens is 342 g/mol. The summed E-state index contributed by atoms with van der Waals surface area (Å²) >= 11 is 0. The van der Waals surface area contributed by atoms with Gasteiger partial charge in [0.1, 0.15) is 17.7 Å². The van der Waals surface area contributed by atoms with Gasteiger partial charge in [-0.3, -0.25) is 5.10 Å². The Hall–Kier alpha value is -3.79. The van der Waals surface area contributed by atoms with E-state index in [1.807, 2.05) is 24.3 Å². The van der Waals surface area contributed by atoms with Crippen LogP contribution >= 0.6 is 0 Å². The predicted molar refractivity (Wildman–Crippen MR) is 99.2 cm³/mol. The lowest BCUT2D eigenvalue weighted by atomic mass is 9.98. The van der Waals surface area contributed by atoms with E-state index in [0.29, 0.717) is 12.2 Å². The number of ether oxygens (including phenoxy) is 1. The normalized spacial score (nSPS) is 15.7. The van der Waals surface area contributed by atoms with Crippen molar-refractivity contribution in [3.63, 3.8) is 0 Å². The van der Waals surface area contributed by atoms with Crippen LogP contribution in [0.1, 0.15) is 23.6 Å². The Kier molecular flexibility index (Phi) is 3.54. The Morgan fingerprint density at radius 3 is 3.04 bits per heavy atom. The minimum absolute atomic E-state index is 0.116. The zero-order chi connectivity index (χ0) is 18.2. The van der Waals surface area contributed by atoms with E-state index in [1.54, 1.807) is 18.5 Å². The lowest BCUT2D eigenvalue weighted by Gasteiger charge is -2.27. The quantitative estimate of drug-likeness (QED) is 0.574. The zero-order valence-electron chi connectivity index (χ0n) is 14.3. The number of benzene rings is 2. The van der Waals surface area contributed by atoms with Crippen molar-refractivity contribution in [1.29, 1.82) is 5.26 Å². The first-order valence-electron chi connectivity index (χ1n) is 8.63. The van der Waals surface area contributed by atoms with Crippen LogP contribution in [0.3, 0.4) is 0 Å². The van der Waals surface area contributed by atoms with Crippen LogP contribution in [0.2, 0.25) is 0 Å². The van der Waals surface area contributed by atoms with Crippen molar-refractivity contribution in [2.45, 2.75) is 12.5 Å². The topological polar surface area (TPSA) is 99.8 Å². The molecule has 3 heterocycles. The highest BCUT2D eigenvalue weighted by Gasteiger charge is 2.22. The summed E-state index contributed by atoms with van der Waals surface area (Å²) in [5.41, 5.74) is 5.24. The Bertz CT molecular complexity index is 1160. The summed E-state index contributed by atoms with van der Waals surface area (Å²) in [4.78, 5) is 0. The van der Waals surface area contributed by atoms with Crippen molar-refractivity contribution in [2.75, 3.05) is 11.9 Å². The first-order chi connectivity index (χ1) is 13.3. The summed E-state index contributed by atoms with van der Waals surface area (Å²) in [6, 6.07) is 13.9. The van der Waals surface area contributed by atoms with Gasteiger partial charge in [0, 0.05) is 23.1 Å². The summed E-state index contributed by atoms with van der Waals surface area (Å²) in [6.45, 7) is 0.611. The zero-order valence-corrected chi connectivity index (χ0v) is 14.3. The summed E-state index contributed by atoms with van der Waals surface area (Å²) in [5, 5.41) is 24.8. The average molecular weight is 357 g/mol. The van der Waals surface area contributed by atoms with Crippen LogP contribution < -0.4 is 10.1 Å². The Morgan fingerprint density at radius 2 is 2.19 bits per heavy atom. The van der Waals surface area contributed by atoms with E-state index in [9.17, 15) is 0 Å². The molecule has 0 radical (unpaired) electrons. The molecule has 0 spiro atoms. The molecule has 1 unspecified atom stereocenters. The van der Waals surface area contributed by atoms with Gasteiger partial charge < -0.3 is 14.6 Å². The summed E-state index contributed by atoms with van der Waals surface area (Å²) in [6.07, 6.45) is 4.08. The van der Waals surface area contributed by atoms with E-state index in [1.165, 1.54) is 0 Å². The van der Waals surface area contributed by atoms with Gasteiger partial charge in [-0.15, -0.1) is 0 Å². The van der Waals surface area contributed by atoms with Crippen molar-refractivity contribution in [3.05, 3.63) is 60.0 Å². The second-order valence-corrected chi connectivity index (χ2v) is 6.44. The molecule has 4 aromatic rings. The molecule has 0 fully saturated rings. The van der Waals surface area contributed by atoms with Crippen LogP contribution in [-0.4, -0.2) is 22.0 Å². The maximum absolute atomic E-state index is 9.08. The van der Waals surface area contributed by atoms with Crippen molar-refractivity contribution in [3.8, 4) is 23.1 Å². The molecule has 1 aliphatic heterocycles. The monoisotopic (exact) mass is 357 g/mol. The molecule has 0 amide bonds. The van der Waals surface area contributed by atoms with Gasteiger partial charge in [0.15, 0.2) is 0 Å². The fourth-order valence-electron chi connectivity index (χ4n) is 3.46.